The third-order valence-electron chi connectivity index (χ3n) is 2.92. The first-order chi connectivity index (χ1) is 8.19. The standard InChI is InChI=1S/C12H20N4O/c1-2-3-11-15-10(13)6-12(16-11)14-7-9(17)8-4-5-8/h6,8-9,17H,2-5,7H2,1H3,(H3,13,14,15,16). The van der Waals surface area contributed by atoms with E-state index in [1.165, 1.54) is 0 Å². The number of nitrogens with zero attached hydrogens (tertiary/aromatic N) is 2. The van der Waals surface area contributed by atoms with E-state index >= 15 is 0 Å². The number of nitrogens with two attached hydrogens (primary N) is 1. The van der Waals surface area contributed by atoms with Crippen molar-refractivity contribution < 1.29 is 5.11 Å². The molecule has 4 N–H and O–H groups in total. The van der Waals surface area contributed by atoms with Crippen LogP contribution in [-0.2, 0) is 6.42 Å². The van der Waals surface area contributed by atoms with Crippen molar-refractivity contribution in [3.05, 3.63) is 11.9 Å². The first-order valence-corrected chi connectivity index (χ1v) is 6.24. The fourth-order valence-corrected chi connectivity index (χ4v) is 1.80. The summed E-state index contributed by atoms with van der Waals surface area (Å²) >= 11 is 0. The van der Waals surface area contributed by atoms with Crippen LogP contribution in [-0.4, -0.2) is 27.7 Å². The Balaban J connectivity index is 1.94. The van der Waals surface area contributed by atoms with Gasteiger partial charge in [-0.15, -0.1) is 0 Å². The van der Waals surface area contributed by atoms with Crippen LogP contribution in [0.4, 0.5) is 11.6 Å². The van der Waals surface area contributed by atoms with Gasteiger partial charge in [0.1, 0.15) is 17.5 Å². The molecule has 1 saturated carbocycles. The van der Waals surface area contributed by atoms with Gasteiger partial charge in [-0.1, -0.05) is 6.92 Å². The molecular weight excluding hydrogens is 216 g/mol. The maximum atomic E-state index is 9.76. The Labute approximate surface area is 101 Å². The lowest BCUT2D eigenvalue weighted by atomic mass is 10.2. The molecular formula is C12H20N4O. The fraction of sp³-hybridized carbons (Fsp3) is 0.667. The van der Waals surface area contributed by atoms with Crippen molar-refractivity contribution in [2.24, 2.45) is 5.92 Å². The first-order valence-electron chi connectivity index (χ1n) is 6.24. The van der Waals surface area contributed by atoms with E-state index in [4.69, 9.17) is 5.73 Å². The zero-order valence-electron chi connectivity index (χ0n) is 10.2. The zero-order valence-corrected chi connectivity index (χ0v) is 10.2. The van der Waals surface area contributed by atoms with Crippen LogP contribution in [0, 0.1) is 5.92 Å². The van der Waals surface area contributed by atoms with Gasteiger partial charge in [0, 0.05) is 19.0 Å². The van der Waals surface area contributed by atoms with Crippen molar-refractivity contribution in [3.8, 4) is 0 Å². The highest BCUT2D eigenvalue weighted by atomic mass is 16.3. The zero-order chi connectivity index (χ0) is 12.3. The van der Waals surface area contributed by atoms with Crippen molar-refractivity contribution >= 4 is 11.6 Å². The molecule has 0 radical (unpaired) electrons. The molecule has 94 valence electrons. The van der Waals surface area contributed by atoms with Gasteiger partial charge in [-0.3, -0.25) is 0 Å². The summed E-state index contributed by atoms with van der Waals surface area (Å²) in [6, 6.07) is 1.71. The second-order valence-electron chi connectivity index (χ2n) is 4.63. The Morgan fingerprint density at radius 2 is 2.29 bits per heavy atom. The molecule has 0 aromatic carbocycles. The second kappa shape index (κ2) is 5.31. The molecule has 5 nitrogen and oxygen atoms in total. The molecule has 1 aromatic rings. The van der Waals surface area contributed by atoms with Crippen molar-refractivity contribution in [3.63, 3.8) is 0 Å². The molecule has 17 heavy (non-hydrogen) atoms. The minimum atomic E-state index is -0.277. The number of aliphatic hydroxyl groups excluding tert-OH is 1. The summed E-state index contributed by atoms with van der Waals surface area (Å²) in [7, 11) is 0. The highest BCUT2D eigenvalue weighted by molar-refractivity contribution is 5.44. The van der Waals surface area contributed by atoms with E-state index < -0.39 is 0 Å². The van der Waals surface area contributed by atoms with Crippen LogP contribution < -0.4 is 11.1 Å². The van der Waals surface area contributed by atoms with Crippen LogP contribution in [0.15, 0.2) is 6.07 Å². The number of hydrogen-bond acceptors (Lipinski definition) is 5. The number of hydrogen-bond donors (Lipinski definition) is 3. The lowest BCUT2D eigenvalue weighted by Gasteiger charge is -2.12. The minimum absolute atomic E-state index is 0.277. The van der Waals surface area contributed by atoms with E-state index in [9.17, 15) is 5.11 Å². The number of anilines is 2. The fourth-order valence-electron chi connectivity index (χ4n) is 1.80. The average Bonchev–Trinajstić information content (AvgIpc) is 3.09. The summed E-state index contributed by atoms with van der Waals surface area (Å²) in [6.45, 7) is 2.61. The van der Waals surface area contributed by atoms with E-state index in [2.05, 4.69) is 22.2 Å². The molecule has 1 heterocycles. The van der Waals surface area contributed by atoms with Gasteiger partial charge in [-0.25, -0.2) is 9.97 Å². The van der Waals surface area contributed by atoms with Crippen LogP contribution in [0.25, 0.3) is 0 Å². The van der Waals surface area contributed by atoms with Crippen molar-refractivity contribution in [1.29, 1.82) is 0 Å². The summed E-state index contributed by atoms with van der Waals surface area (Å²) in [5, 5.41) is 12.9. The summed E-state index contributed by atoms with van der Waals surface area (Å²) in [5.41, 5.74) is 5.71. The quantitative estimate of drug-likeness (QED) is 0.691. The van der Waals surface area contributed by atoms with Crippen LogP contribution in [0.2, 0.25) is 0 Å². The molecule has 5 heteroatoms. The van der Waals surface area contributed by atoms with Crippen molar-refractivity contribution in [1.82, 2.24) is 9.97 Å². The molecule has 2 rings (SSSR count). The van der Waals surface area contributed by atoms with Crippen molar-refractivity contribution in [2.45, 2.75) is 38.7 Å². The van der Waals surface area contributed by atoms with Gasteiger partial charge in [-0.2, -0.15) is 0 Å². The van der Waals surface area contributed by atoms with Crippen LogP contribution in [0.3, 0.4) is 0 Å². The van der Waals surface area contributed by atoms with Gasteiger partial charge in [-0.05, 0) is 25.2 Å². The molecule has 1 fully saturated rings. The molecule has 1 atom stereocenters. The molecule has 0 saturated heterocycles. The van der Waals surface area contributed by atoms with Crippen LogP contribution in [0.5, 0.6) is 0 Å². The van der Waals surface area contributed by atoms with Gasteiger partial charge < -0.3 is 16.2 Å². The SMILES string of the molecule is CCCc1nc(N)cc(NCC(O)C2CC2)n1. The maximum absolute atomic E-state index is 9.76. The van der Waals surface area contributed by atoms with Gasteiger partial charge >= 0.3 is 0 Å². The predicted molar refractivity (Wildman–Crippen MR) is 67.7 cm³/mol. The van der Waals surface area contributed by atoms with E-state index in [1.54, 1.807) is 6.07 Å². The van der Waals surface area contributed by atoms with Crippen molar-refractivity contribution in [2.75, 3.05) is 17.6 Å². The third-order valence-corrected chi connectivity index (χ3v) is 2.92. The largest absolute Gasteiger partial charge is 0.391 e. The Kier molecular flexibility index (Phi) is 3.78. The Morgan fingerprint density at radius 1 is 1.53 bits per heavy atom. The number of nitrogen functional groups attached to an aromatic ring is 1. The van der Waals surface area contributed by atoms with Gasteiger partial charge in [0.25, 0.3) is 0 Å². The Morgan fingerprint density at radius 3 is 2.94 bits per heavy atom. The summed E-state index contributed by atoms with van der Waals surface area (Å²) < 4.78 is 0. The lowest BCUT2D eigenvalue weighted by molar-refractivity contribution is 0.164. The second-order valence-corrected chi connectivity index (χ2v) is 4.63. The van der Waals surface area contributed by atoms with E-state index in [0.29, 0.717) is 24.1 Å². The topological polar surface area (TPSA) is 84.1 Å². The maximum Gasteiger partial charge on any atom is 0.133 e. The molecule has 0 aliphatic heterocycles. The predicted octanol–water partition coefficient (Wildman–Crippen LogP) is 1.19. The van der Waals surface area contributed by atoms with Crippen LogP contribution >= 0.6 is 0 Å². The van der Waals surface area contributed by atoms with Gasteiger partial charge in [0.2, 0.25) is 0 Å². The van der Waals surface area contributed by atoms with E-state index in [-0.39, 0.29) is 6.10 Å². The average molecular weight is 236 g/mol. The number of nitrogens with one attached hydrogen (secondary N) is 1. The normalized spacial score (nSPS) is 16.8. The lowest BCUT2D eigenvalue weighted by Crippen LogP contribution is -2.22. The minimum Gasteiger partial charge on any atom is -0.391 e. The molecule has 0 amide bonds. The smallest absolute Gasteiger partial charge is 0.133 e. The summed E-state index contributed by atoms with van der Waals surface area (Å²) in [4.78, 5) is 8.52. The highest BCUT2D eigenvalue weighted by Crippen LogP contribution is 2.32. The molecule has 1 unspecified atom stereocenters. The van der Waals surface area contributed by atoms with Gasteiger partial charge in [0.05, 0.1) is 6.10 Å². The molecule has 0 spiro atoms. The molecule has 1 aliphatic carbocycles. The highest BCUT2D eigenvalue weighted by Gasteiger charge is 2.29. The number of rotatable bonds is 6. The number of aromatic nitrogens is 2. The number of aliphatic hydroxyl groups is 1. The summed E-state index contributed by atoms with van der Waals surface area (Å²) in [5.74, 6) is 2.42. The molecule has 1 aliphatic rings. The van der Waals surface area contributed by atoms with Crippen LogP contribution in [0.1, 0.15) is 32.0 Å². The first kappa shape index (κ1) is 12.1. The third kappa shape index (κ3) is 3.56. The van der Waals surface area contributed by atoms with E-state index in [0.717, 1.165) is 31.5 Å². The monoisotopic (exact) mass is 236 g/mol. The number of aryl methyl sites for hydroxylation is 1. The molecule has 1 aromatic heterocycles. The van der Waals surface area contributed by atoms with Gasteiger partial charge in [0.15, 0.2) is 0 Å². The summed E-state index contributed by atoms with van der Waals surface area (Å²) in [6.07, 6.45) is 3.81. The van der Waals surface area contributed by atoms with E-state index in [1.807, 2.05) is 0 Å². The Bertz CT molecular complexity index is 379. The Hall–Kier alpha value is -1.36. The molecule has 0 bridgehead atoms.